The Labute approximate surface area is 139 Å². The van der Waals surface area contributed by atoms with Crippen LogP contribution in [0.2, 0.25) is 0 Å². The molecule has 7 nitrogen and oxygen atoms in total. The van der Waals surface area contributed by atoms with Crippen LogP contribution >= 0.6 is 12.6 Å². The van der Waals surface area contributed by atoms with E-state index in [9.17, 15) is 13.2 Å². The Kier molecular flexibility index (Phi) is 5.45. The Morgan fingerprint density at radius 1 is 1.26 bits per heavy atom. The van der Waals surface area contributed by atoms with Gasteiger partial charge >= 0.3 is 0 Å². The minimum Gasteiger partial charge on any atom is -0.360 e. The molecule has 0 bridgehead atoms. The van der Waals surface area contributed by atoms with Gasteiger partial charge in [0.25, 0.3) is 5.91 Å². The Morgan fingerprint density at radius 2 is 1.96 bits per heavy atom. The first-order valence-corrected chi connectivity index (χ1v) is 8.74. The topological polar surface area (TPSA) is 101 Å². The van der Waals surface area contributed by atoms with E-state index < -0.39 is 10.0 Å². The highest BCUT2D eigenvalue weighted by molar-refractivity contribution is 7.89. The van der Waals surface area contributed by atoms with Gasteiger partial charge in [-0.1, -0.05) is 17.3 Å². The summed E-state index contributed by atoms with van der Waals surface area (Å²) >= 11 is 4.20. The zero-order valence-electron chi connectivity index (χ0n) is 12.7. The summed E-state index contributed by atoms with van der Waals surface area (Å²) in [5.41, 5.74) is 0.729. The number of amides is 1. The minimum absolute atomic E-state index is 0.0320. The maximum atomic E-state index is 12.2. The second-order valence-corrected chi connectivity index (χ2v) is 7.01. The van der Waals surface area contributed by atoms with Crippen LogP contribution in [0.4, 0.5) is 0 Å². The summed E-state index contributed by atoms with van der Waals surface area (Å²) in [5.74, 6) is -0.0878. The molecule has 0 unspecified atom stereocenters. The van der Waals surface area contributed by atoms with E-state index in [1.54, 1.807) is 31.2 Å². The van der Waals surface area contributed by atoms with Crippen LogP contribution in [0.3, 0.4) is 0 Å². The standard InChI is InChI=1S/C14H17N3O4S2/c1-9-13(10(2)21-17-9)23(19,20)16-8-7-15-14(18)11-5-3-4-6-12(11)22/h3-6,16,22H,7-8H2,1-2H3,(H,15,18). The van der Waals surface area contributed by atoms with Crippen molar-refractivity contribution < 1.29 is 17.7 Å². The molecule has 0 aliphatic carbocycles. The number of nitrogens with zero attached hydrogens (tertiary/aromatic N) is 1. The van der Waals surface area contributed by atoms with Gasteiger partial charge < -0.3 is 9.84 Å². The number of carbonyl (C=O) groups excluding carboxylic acids is 1. The number of aromatic nitrogens is 1. The van der Waals surface area contributed by atoms with Crippen LogP contribution in [0.5, 0.6) is 0 Å². The number of aryl methyl sites for hydroxylation is 2. The summed E-state index contributed by atoms with van der Waals surface area (Å²) in [6, 6.07) is 6.86. The van der Waals surface area contributed by atoms with E-state index >= 15 is 0 Å². The first-order chi connectivity index (χ1) is 10.8. The van der Waals surface area contributed by atoms with Gasteiger partial charge in [-0.3, -0.25) is 4.79 Å². The van der Waals surface area contributed by atoms with Crippen molar-refractivity contribution in [3.05, 3.63) is 41.3 Å². The lowest BCUT2D eigenvalue weighted by atomic mass is 10.2. The monoisotopic (exact) mass is 355 g/mol. The highest BCUT2D eigenvalue weighted by atomic mass is 32.2. The van der Waals surface area contributed by atoms with Crippen molar-refractivity contribution in [1.29, 1.82) is 0 Å². The van der Waals surface area contributed by atoms with Gasteiger partial charge in [0, 0.05) is 18.0 Å². The Morgan fingerprint density at radius 3 is 2.57 bits per heavy atom. The molecule has 2 aromatic rings. The van der Waals surface area contributed by atoms with Gasteiger partial charge in [-0.25, -0.2) is 13.1 Å². The molecular weight excluding hydrogens is 338 g/mol. The Balaban J connectivity index is 1.91. The van der Waals surface area contributed by atoms with E-state index in [2.05, 4.69) is 27.8 Å². The van der Waals surface area contributed by atoms with Gasteiger partial charge in [0.1, 0.15) is 10.6 Å². The number of hydrogen-bond acceptors (Lipinski definition) is 6. The third-order valence-electron chi connectivity index (χ3n) is 3.09. The number of sulfonamides is 1. The van der Waals surface area contributed by atoms with Crippen molar-refractivity contribution in [2.45, 2.75) is 23.6 Å². The van der Waals surface area contributed by atoms with Crippen molar-refractivity contribution in [3.63, 3.8) is 0 Å². The molecule has 0 aliphatic rings. The summed E-state index contributed by atoms with van der Waals surface area (Å²) < 4.78 is 31.6. The summed E-state index contributed by atoms with van der Waals surface area (Å²) in [4.78, 5) is 12.6. The maximum Gasteiger partial charge on any atom is 0.252 e. The molecule has 1 aromatic carbocycles. The number of nitrogens with one attached hydrogen (secondary N) is 2. The van der Waals surface area contributed by atoms with Crippen molar-refractivity contribution >= 4 is 28.6 Å². The molecule has 1 heterocycles. The average molecular weight is 355 g/mol. The quantitative estimate of drug-likeness (QED) is 0.535. The average Bonchev–Trinajstić information content (AvgIpc) is 2.83. The highest BCUT2D eigenvalue weighted by Gasteiger charge is 2.23. The van der Waals surface area contributed by atoms with Crippen LogP contribution in [0.25, 0.3) is 0 Å². The molecule has 0 fully saturated rings. The lowest BCUT2D eigenvalue weighted by Gasteiger charge is -2.08. The first-order valence-electron chi connectivity index (χ1n) is 6.81. The molecular formula is C14H17N3O4S2. The third kappa shape index (κ3) is 4.12. The van der Waals surface area contributed by atoms with Gasteiger partial charge in [0.15, 0.2) is 5.76 Å². The van der Waals surface area contributed by atoms with Crippen LogP contribution in [-0.2, 0) is 10.0 Å². The molecule has 1 amide bonds. The van der Waals surface area contributed by atoms with Gasteiger partial charge in [-0.2, -0.15) is 0 Å². The van der Waals surface area contributed by atoms with Gasteiger partial charge in [-0.05, 0) is 26.0 Å². The van der Waals surface area contributed by atoms with E-state index in [0.29, 0.717) is 16.2 Å². The van der Waals surface area contributed by atoms with Gasteiger partial charge in [-0.15, -0.1) is 12.6 Å². The zero-order valence-corrected chi connectivity index (χ0v) is 14.4. The van der Waals surface area contributed by atoms with Crippen LogP contribution in [0.15, 0.2) is 38.6 Å². The molecule has 0 spiro atoms. The summed E-state index contributed by atoms with van der Waals surface area (Å²) in [5, 5.41) is 6.25. The SMILES string of the molecule is Cc1noc(C)c1S(=O)(=O)NCCNC(=O)c1ccccc1S. The van der Waals surface area contributed by atoms with E-state index in [0.717, 1.165) is 0 Å². The van der Waals surface area contributed by atoms with Crippen molar-refractivity contribution in [2.75, 3.05) is 13.1 Å². The molecule has 9 heteroatoms. The molecule has 2 rings (SSSR count). The molecule has 0 aliphatic heterocycles. The molecule has 23 heavy (non-hydrogen) atoms. The fraction of sp³-hybridized carbons (Fsp3) is 0.286. The normalized spacial score (nSPS) is 11.4. The van der Waals surface area contributed by atoms with Crippen LogP contribution in [0.1, 0.15) is 21.8 Å². The predicted molar refractivity (Wildman–Crippen MR) is 87.2 cm³/mol. The third-order valence-corrected chi connectivity index (χ3v) is 5.18. The van der Waals surface area contributed by atoms with E-state index in [4.69, 9.17) is 4.52 Å². The maximum absolute atomic E-state index is 12.2. The fourth-order valence-electron chi connectivity index (χ4n) is 2.05. The predicted octanol–water partition coefficient (Wildman–Crippen LogP) is 1.29. The highest BCUT2D eigenvalue weighted by Crippen LogP contribution is 2.18. The molecule has 124 valence electrons. The molecule has 0 saturated carbocycles. The number of rotatable bonds is 6. The first kappa shape index (κ1) is 17.5. The second-order valence-electron chi connectivity index (χ2n) is 4.82. The van der Waals surface area contributed by atoms with E-state index in [-0.39, 0.29) is 29.7 Å². The largest absolute Gasteiger partial charge is 0.360 e. The molecule has 0 saturated heterocycles. The Bertz CT molecular complexity index is 796. The smallest absolute Gasteiger partial charge is 0.252 e. The lowest BCUT2D eigenvalue weighted by molar-refractivity contribution is 0.0951. The number of benzene rings is 1. The minimum atomic E-state index is -3.72. The van der Waals surface area contributed by atoms with E-state index in [1.165, 1.54) is 6.92 Å². The number of carbonyl (C=O) groups is 1. The fourth-order valence-corrected chi connectivity index (χ4v) is 3.67. The van der Waals surface area contributed by atoms with Crippen LogP contribution in [-0.4, -0.2) is 32.6 Å². The van der Waals surface area contributed by atoms with Crippen molar-refractivity contribution in [3.8, 4) is 0 Å². The number of hydrogen-bond donors (Lipinski definition) is 3. The molecule has 1 aromatic heterocycles. The molecule has 2 N–H and O–H groups in total. The van der Waals surface area contributed by atoms with Crippen molar-refractivity contribution in [1.82, 2.24) is 15.2 Å². The summed E-state index contributed by atoms with van der Waals surface area (Å²) in [7, 11) is -3.72. The second kappa shape index (κ2) is 7.16. The number of thiol groups is 1. The van der Waals surface area contributed by atoms with Crippen LogP contribution < -0.4 is 10.0 Å². The van der Waals surface area contributed by atoms with Gasteiger partial charge in [0.05, 0.1) is 5.56 Å². The van der Waals surface area contributed by atoms with Crippen LogP contribution in [0, 0.1) is 13.8 Å². The molecule has 0 radical (unpaired) electrons. The lowest BCUT2D eigenvalue weighted by Crippen LogP contribution is -2.35. The Hall–Kier alpha value is -1.84. The van der Waals surface area contributed by atoms with Gasteiger partial charge in [0.2, 0.25) is 10.0 Å². The summed E-state index contributed by atoms with van der Waals surface area (Å²) in [6.07, 6.45) is 0. The van der Waals surface area contributed by atoms with E-state index in [1.807, 2.05) is 0 Å². The molecule has 0 atom stereocenters. The summed E-state index contributed by atoms with van der Waals surface area (Å²) in [6.45, 7) is 3.27. The zero-order chi connectivity index (χ0) is 17.0. The van der Waals surface area contributed by atoms with Crippen molar-refractivity contribution in [2.24, 2.45) is 0 Å².